The Morgan fingerprint density at radius 2 is 2.10 bits per heavy atom. The number of hydrogen-bond donors (Lipinski definition) is 2. The summed E-state index contributed by atoms with van der Waals surface area (Å²) in [7, 11) is 1.72. The minimum absolute atomic E-state index is 0.0511. The van der Waals surface area contributed by atoms with Crippen LogP contribution < -0.4 is 10.6 Å². The summed E-state index contributed by atoms with van der Waals surface area (Å²) in [5, 5.41) is 23.8. The van der Waals surface area contributed by atoms with Crippen LogP contribution in [-0.2, 0) is 9.59 Å². The van der Waals surface area contributed by atoms with Gasteiger partial charge in [-0.2, -0.15) is 10.5 Å². The Morgan fingerprint density at radius 1 is 1.30 bits per heavy atom. The number of carbonyl (C=O) groups is 2. The van der Waals surface area contributed by atoms with E-state index in [1.807, 2.05) is 12.1 Å². The van der Waals surface area contributed by atoms with E-state index in [2.05, 4.69) is 25.6 Å². The molecule has 0 spiro atoms. The predicted octanol–water partition coefficient (Wildman–Crippen LogP) is 1.19. The van der Waals surface area contributed by atoms with Gasteiger partial charge in [0, 0.05) is 24.2 Å². The molecular formula is C20H20N8O2. The standard InChI is InChI=1S/C20H20N8O2/c1-28(5-4-21)11-15(12-29)26-16-6-14(8-23-17(16)7-22)18-9-25-19(10-24-18)27-20(30)13-2-3-13/h6,8-10,12-13,15,26H,2-3,5,11H2,1H3,(H,25,27,30)/t15-/m0/s1. The Morgan fingerprint density at radius 3 is 2.70 bits per heavy atom. The predicted molar refractivity (Wildman–Crippen MR) is 108 cm³/mol. The van der Waals surface area contributed by atoms with E-state index in [0.29, 0.717) is 29.3 Å². The average molecular weight is 404 g/mol. The molecule has 1 saturated carbocycles. The number of nitrogens with one attached hydrogen (secondary N) is 2. The van der Waals surface area contributed by atoms with Crippen molar-refractivity contribution >= 4 is 23.7 Å². The zero-order valence-electron chi connectivity index (χ0n) is 16.4. The fourth-order valence-electron chi connectivity index (χ4n) is 2.76. The molecule has 2 aromatic rings. The summed E-state index contributed by atoms with van der Waals surface area (Å²) in [6, 6.07) is 5.05. The first-order chi connectivity index (χ1) is 14.5. The molecule has 3 rings (SSSR count). The van der Waals surface area contributed by atoms with Crippen molar-refractivity contribution in [2.24, 2.45) is 5.92 Å². The van der Waals surface area contributed by atoms with Crippen LogP contribution in [0.5, 0.6) is 0 Å². The molecule has 10 nitrogen and oxygen atoms in total. The minimum Gasteiger partial charge on any atom is -0.372 e. The van der Waals surface area contributed by atoms with Crippen molar-refractivity contribution in [2.75, 3.05) is 30.8 Å². The van der Waals surface area contributed by atoms with Gasteiger partial charge in [-0.1, -0.05) is 0 Å². The van der Waals surface area contributed by atoms with E-state index in [4.69, 9.17) is 5.26 Å². The van der Waals surface area contributed by atoms with Gasteiger partial charge in [0.1, 0.15) is 12.4 Å². The van der Waals surface area contributed by atoms with E-state index >= 15 is 0 Å². The molecule has 30 heavy (non-hydrogen) atoms. The lowest BCUT2D eigenvalue weighted by atomic mass is 10.1. The van der Waals surface area contributed by atoms with E-state index in [1.165, 1.54) is 18.6 Å². The zero-order valence-corrected chi connectivity index (χ0v) is 16.4. The molecular weight excluding hydrogens is 384 g/mol. The first kappa shape index (κ1) is 20.8. The van der Waals surface area contributed by atoms with Gasteiger partial charge in [-0.05, 0) is 26.0 Å². The SMILES string of the molecule is CN(CC#N)C[C@@H](C=O)Nc1cc(-c2cnc(NC(=O)C3CC3)cn2)cnc1C#N. The highest BCUT2D eigenvalue weighted by molar-refractivity contribution is 5.93. The second-order valence-electron chi connectivity index (χ2n) is 7.02. The average Bonchev–Trinajstić information content (AvgIpc) is 3.59. The van der Waals surface area contributed by atoms with Gasteiger partial charge in [0.05, 0.1) is 42.4 Å². The third-order valence-corrected chi connectivity index (χ3v) is 4.49. The molecule has 0 aromatic carbocycles. The number of nitrogens with zero attached hydrogens (tertiary/aromatic N) is 6. The Balaban J connectivity index is 1.76. The Kier molecular flexibility index (Phi) is 6.63. The molecule has 2 heterocycles. The lowest BCUT2D eigenvalue weighted by Gasteiger charge is -2.20. The van der Waals surface area contributed by atoms with Crippen LogP contribution in [0.25, 0.3) is 11.3 Å². The molecule has 10 heteroatoms. The number of anilines is 2. The lowest BCUT2D eigenvalue weighted by molar-refractivity contribution is -0.117. The highest BCUT2D eigenvalue weighted by Crippen LogP contribution is 2.30. The van der Waals surface area contributed by atoms with E-state index in [9.17, 15) is 14.9 Å². The first-order valence-corrected chi connectivity index (χ1v) is 9.34. The second-order valence-corrected chi connectivity index (χ2v) is 7.02. The molecule has 0 radical (unpaired) electrons. The number of aromatic nitrogens is 3. The van der Waals surface area contributed by atoms with Crippen LogP contribution in [0, 0.1) is 28.6 Å². The van der Waals surface area contributed by atoms with Gasteiger partial charge < -0.3 is 15.4 Å². The van der Waals surface area contributed by atoms with Crippen molar-refractivity contribution in [2.45, 2.75) is 18.9 Å². The normalized spacial score (nSPS) is 13.7. The van der Waals surface area contributed by atoms with Crippen molar-refractivity contribution in [1.82, 2.24) is 19.9 Å². The van der Waals surface area contributed by atoms with Crippen molar-refractivity contribution in [1.29, 1.82) is 10.5 Å². The number of hydrogen-bond acceptors (Lipinski definition) is 9. The van der Waals surface area contributed by atoms with Crippen molar-refractivity contribution in [3.63, 3.8) is 0 Å². The van der Waals surface area contributed by atoms with E-state index in [0.717, 1.165) is 19.1 Å². The molecule has 1 atom stereocenters. The van der Waals surface area contributed by atoms with Gasteiger partial charge in [-0.3, -0.25) is 14.7 Å². The molecule has 1 aliphatic carbocycles. The number of likely N-dealkylation sites (N-methyl/N-ethyl adjacent to an activating group) is 1. The molecule has 0 saturated heterocycles. The highest BCUT2D eigenvalue weighted by Gasteiger charge is 2.29. The number of amides is 1. The fourth-order valence-corrected chi connectivity index (χ4v) is 2.76. The molecule has 2 aromatic heterocycles. The van der Waals surface area contributed by atoms with Gasteiger partial charge in [-0.15, -0.1) is 0 Å². The highest BCUT2D eigenvalue weighted by atomic mass is 16.2. The number of rotatable bonds is 9. The summed E-state index contributed by atoms with van der Waals surface area (Å²) in [6.07, 6.45) is 6.99. The van der Waals surface area contributed by atoms with Gasteiger partial charge in [0.25, 0.3) is 0 Å². The van der Waals surface area contributed by atoms with Crippen LogP contribution in [0.1, 0.15) is 18.5 Å². The first-order valence-electron chi connectivity index (χ1n) is 9.34. The van der Waals surface area contributed by atoms with E-state index < -0.39 is 6.04 Å². The summed E-state index contributed by atoms with van der Waals surface area (Å²) < 4.78 is 0. The second kappa shape index (κ2) is 9.54. The summed E-state index contributed by atoms with van der Waals surface area (Å²) >= 11 is 0. The number of nitriles is 2. The Labute approximate surface area is 173 Å². The van der Waals surface area contributed by atoms with E-state index in [-0.39, 0.29) is 24.1 Å². The van der Waals surface area contributed by atoms with Crippen LogP contribution in [0.15, 0.2) is 24.7 Å². The molecule has 1 amide bonds. The summed E-state index contributed by atoms with van der Waals surface area (Å²) in [6.45, 7) is 0.468. The van der Waals surface area contributed by atoms with Crippen LogP contribution in [0.2, 0.25) is 0 Å². The van der Waals surface area contributed by atoms with Crippen LogP contribution in [0.4, 0.5) is 11.5 Å². The molecule has 0 bridgehead atoms. The summed E-state index contributed by atoms with van der Waals surface area (Å²) in [5.41, 5.74) is 1.61. The van der Waals surface area contributed by atoms with Gasteiger partial charge in [-0.25, -0.2) is 9.97 Å². The van der Waals surface area contributed by atoms with Crippen molar-refractivity contribution in [3.8, 4) is 23.4 Å². The molecule has 1 aliphatic rings. The quantitative estimate of drug-likeness (QED) is 0.464. The summed E-state index contributed by atoms with van der Waals surface area (Å²) in [5.74, 6) is 0.391. The van der Waals surface area contributed by atoms with Gasteiger partial charge in [0.2, 0.25) is 5.91 Å². The Hall–Kier alpha value is -3.89. The molecule has 1 fully saturated rings. The lowest BCUT2D eigenvalue weighted by Crippen LogP contribution is -2.36. The maximum atomic E-state index is 11.8. The van der Waals surface area contributed by atoms with Crippen LogP contribution in [-0.4, -0.2) is 58.2 Å². The van der Waals surface area contributed by atoms with E-state index in [1.54, 1.807) is 18.0 Å². The number of pyridine rings is 1. The number of aldehydes is 1. The molecule has 0 unspecified atom stereocenters. The van der Waals surface area contributed by atoms with Crippen molar-refractivity contribution < 1.29 is 9.59 Å². The van der Waals surface area contributed by atoms with Crippen molar-refractivity contribution in [3.05, 3.63) is 30.4 Å². The largest absolute Gasteiger partial charge is 0.372 e. The number of carbonyl (C=O) groups excluding carboxylic acids is 2. The Bertz CT molecular complexity index is 1000. The molecule has 152 valence electrons. The summed E-state index contributed by atoms with van der Waals surface area (Å²) in [4.78, 5) is 37.6. The smallest absolute Gasteiger partial charge is 0.228 e. The fraction of sp³-hybridized carbons (Fsp3) is 0.350. The van der Waals surface area contributed by atoms with Gasteiger partial charge >= 0.3 is 0 Å². The maximum Gasteiger partial charge on any atom is 0.228 e. The van der Waals surface area contributed by atoms with Gasteiger partial charge in [0.15, 0.2) is 11.5 Å². The van der Waals surface area contributed by atoms with Crippen LogP contribution >= 0.6 is 0 Å². The molecule has 2 N–H and O–H groups in total. The topological polar surface area (TPSA) is 148 Å². The zero-order chi connectivity index (χ0) is 21.5. The minimum atomic E-state index is -0.626. The third-order valence-electron chi connectivity index (χ3n) is 4.49. The van der Waals surface area contributed by atoms with Crippen LogP contribution in [0.3, 0.4) is 0 Å². The monoisotopic (exact) mass is 404 g/mol. The maximum absolute atomic E-state index is 11.8. The molecule has 0 aliphatic heterocycles. The third kappa shape index (κ3) is 5.34.